The molecule has 0 amide bonds. The van der Waals surface area contributed by atoms with E-state index in [2.05, 4.69) is 10.2 Å². The van der Waals surface area contributed by atoms with Crippen LogP contribution in [0.4, 0.5) is 0 Å². The minimum atomic E-state index is -1.05. The van der Waals surface area contributed by atoms with Crippen molar-refractivity contribution in [1.82, 2.24) is 10.2 Å². The molecule has 0 unspecified atom stereocenters. The number of halogens is 1. The van der Waals surface area contributed by atoms with E-state index in [-0.39, 0.29) is 10.7 Å². The molecule has 1 aromatic heterocycles. The first-order chi connectivity index (χ1) is 6.68. The molecule has 0 aromatic carbocycles. The number of aromatic carboxylic acids is 1. The zero-order valence-electron chi connectivity index (χ0n) is 7.40. The Morgan fingerprint density at radius 2 is 2.21 bits per heavy atom. The molecule has 0 aliphatic heterocycles. The molecule has 0 spiro atoms. The first-order valence-electron chi connectivity index (χ1n) is 4.45. The lowest BCUT2D eigenvalue weighted by atomic mass is 9.82. The Bertz CT molecular complexity index is 377. The van der Waals surface area contributed by atoms with Gasteiger partial charge in [0.05, 0.1) is 5.69 Å². The molecule has 0 radical (unpaired) electrons. The van der Waals surface area contributed by atoms with Gasteiger partial charge in [0.1, 0.15) is 5.56 Å². The molecule has 1 fully saturated rings. The second-order valence-electron chi connectivity index (χ2n) is 3.41. The van der Waals surface area contributed by atoms with Gasteiger partial charge < -0.3 is 5.11 Å². The third-order valence-electron chi connectivity index (χ3n) is 2.52. The summed E-state index contributed by atoms with van der Waals surface area (Å²) in [6, 6.07) is 1.53. The van der Waals surface area contributed by atoms with Crippen LogP contribution in [0.2, 0.25) is 5.15 Å². The Balaban J connectivity index is 2.34. The molecule has 5 heteroatoms. The van der Waals surface area contributed by atoms with E-state index in [1.807, 2.05) is 0 Å². The van der Waals surface area contributed by atoms with Gasteiger partial charge in [-0.15, -0.1) is 5.10 Å². The maximum Gasteiger partial charge on any atom is 0.338 e. The number of carboxylic acid groups (broad SMARTS) is 1. The molecule has 0 saturated heterocycles. The SMILES string of the molecule is O=C(O)c1cc(C2CCC2)nnc1Cl. The van der Waals surface area contributed by atoms with Crippen LogP contribution in [0.1, 0.15) is 41.2 Å². The van der Waals surface area contributed by atoms with Crippen LogP contribution in [0, 0.1) is 0 Å². The van der Waals surface area contributed by atoms with Gasteiger partial charge in [0.25, 0.3) is 0 Å². The van der Waals surface area contributed by atoms with E-state index >= 15 is 0 Å². The number of carboxylic acids is 1. The molecule has 4 nitrogen and oxygen atoms in total. The quantitative estimate of drug-likeness (QED) is 0.816. The maximum absolute atomic E-state index is 10.8. The number of rotatable bonds is 2. The van der Waals surface area contributed by atoms with Crippen molar-refractivity contribution in [3.63, 3.8) is 0 Å². The average Bonchev–Trinajstić information content (AvgIpc) is 2.04. The van der Waals surface area contributed by atoms with Gasteiger partial charge in [0.15, 0.2) is 5.15 Å². The summed E-state index contributed by atoms with van der Waals surface area (Å²) < 4.78 is 0. The van der Waals surface area contributed by atoms with Crippen molar-refractivity contribution in [1.29, 1.82) is 0 Å². The van der Waals surface area contributed by atoms with Crippen LogP contribution in [0.5, 0.6) is 0 Å². The molecule has 14 heavy (non-hydrogen) atoms. The van der Waals surface area contributed by atoms with E-state index in [9.17, 15) is 4.79 Å². The lowest BCUT2D eigenvalue weighted by molar-refractivity contribution is 0.0696. The Morgan fingerprint density at radius 3 is 2.71 bits per heavy atom. The van der Waals surface area contributed by atoms with Crippen LogP contribution in [-0.2, 0) is 0 Å². The van der Waals surface area contributed by atoms with Gasteiger partial charge in [0, 0.05) is 5.92 Å². The summed E-state index contributed by atoms with van der Waals surface area (Å²) in [5.74, 6) is -0.677. The fourth-order valence-corrected chi connectivity index (χ4v) is 1.62. The molecule has 1 aliphatic carbocycles. The summed E-state index contributed by atoms with van der Waals surface area (Å²) >= 11 is 5.60. The number of nitrogens with zero attached hydrogens (tertiary/aromatic N) is 2. The highest BCUT2D eigenvalue weighted by atomic mass is 35.5. The van der Waals surface area contributed by atoms with E-state index in [1.54, 1.807) is 0 Å². The molecule has 1 aromatic rings. The highest BCUT2D eigenvalue weighted by molar-refractivity contribution is 6.32. The van der Waals surface area contributed by atoms with Crippen molar-refractivity contribution >= 4 is 17.6 Å². The fourth-order valence-electron chi connectivity index (χ4n) is 1.45. The predicted molar refractivity (Wildman–Crippen MR) is 50.6 cm³/mol. The zero-order valence-corrected chi connectivity index (χ0v) is 8.16. The molecule has 1 heterocycles. The zero-order chi connectivity index (χ0) is 10.1. The van der Waals surface area contributed by atoms with E-state index in [0.29, 0.717) is 5.92 Å². The normalized spacial score (nSPS) is 16.4. The summed E-state index contributed by atoms with van der Waals surface area (Å²) in [6.45, 7) is 0. The van der Waals surface area contributed by atoms with Crippen LogP contribution in [-0.4, -0.2) is 21.3 Å². The average molecular weight is 213 g/mol. The van der Waals surface area contributed by atoms with Gasteiger partial charge in [0.2, 0.25) is 0 Å². The van der Waals surface area contributed by atoms with Crippen LogP contribution in [0.15, 0.2) is 6.07 Å². The standard InChI is InChI=1S/C9H9ClN2O2/c10-8-6(9(13)14)4-7(11-12-8)5-2-1-3-5/h4-5H,1-3H2,(H,13,14). The van der Waals surface area contributed by atoms with E-state index in [0.717, 1.165) is 18.5 Å². The smallest absolute Gasteiger partial charge is 0.338 e. The fraction of sp³-hybridized carbons (Fsp3) is 0.444. The molecule has 74 valence electrons. The molecule has 2 rings (SSSR count). The van der Waals surface area contributed by atoms with Crippen LogP contribution in [0.25, 0.3) is 0 Å². The van der Waals surface area contributed by atoms with Crippen LogP contribution >= 0.6 is 11.6 Å². The summed E-state index contributed by atoms with van der Waals surface area (Å²) in [5.41, 5.74) is 0.793. The van der Waals surface area contributed by atoms with E-state index in [1.165, 1.54) is 12.5 Å². The predicted octanol–water partition coefficient (Wildman–Crippen LogP) is 2.10. The van der Waals surface area contributed by atoms with Crippen molar-refractivity contribution in [3.8, 4) is 0 Å². The molecule has 0 bridgehead atoms. The number of aromatic nitrogens is 2. The monoisotopic (exact) mass is 212 g/mol. The van der Waals surface area contributed by atoms with E-state index in [4.69, 9.17) is 16.7 Å². The Labute approximate surface area is 85.9 Å². The molecular formula is C9H9ClN2O2. The maximum atomic E-state index is 10.8. The van der Waals surface area contributed by atoms with Crippen molar-refractivity contribution in [2.45, 2.75) is 25.2 Å². The first kappa shape index (κ1) is 9.40. The number of hydrogen-bond acceptors (Lipinski definition) is 3. The first-order valence-corrected chi connectivity index (χ1v) is 4.82. The Morgan fingerprint density at radius 1 is 1.50 bits per heavy atom. The minimum Gasteiger partial charge on any atom is -0.478 e. The van der Waals surface area contributed by atoms with Crippen LogP contribution < -0.4 is 0 Å². The summed E-state index contributed by atoms with van der Waals surface area (Å²) in [5, 5.41) is 16.3. The molecule has 0 atom stereocenters. The highest BCUT2D eigenvalue weighted by Gasteiger charge is 2.23. The van der Waals surface area contributed by atoms with Gasteiger partial charge >= 0.3 is 5.97 Å². The molecule has 1 saturated carbocycles. The van der Waals surface area contributed by atoms with Crippen molar-refractivity contribution in [2.75, 3.05) is 0 Å². The minimum absolute atomic E-state index is 0.0411. The van der Waals surface area contributed by atoms with Crippen molar-refractivity contribution in [2.24, 2.45) is 0 Å². The van der Waals surface area contributed by atoms with Gasteiger partial charge in [-0.1, -0.05) is 18.0 Å². The molecule has 1 aliphatic rings. The topological polar surface area (TPSA) is 63.1 Å². The van der Waals surface area contributed by atoms with Crippen molar-refractivity contribution in [3.05, 3.63) is 22.5 Å². The largest absolute Gasteiger partial charge is 0.478 e. The Kier molecular flexibility index (Phi) is 2.37. The molecule has 1 N–H and O–H groups in total. The Hall–Kier alpha value is -1.16. The van der Waals surface area contributed by atoms with Crippen LogP contribution in [0.3, 0.4) is 0 Å². The van der Waals surface area contributed by atoms with E-state index < -0.39 is 5.97 Å². The lowest BCUT2D eigenvalue weighted by Gasteiger charge is -2.24. The third-order valence-corrected chi connectivity index (χ3v) is 2.80. The van der Waals surface area contributed by atoms with Crippen molar-refractivity contribution < 1.29 is 9.90 Å². The van der Waals surface area contributed by atoms with Gasteiger partial charge in [-0.25, -0.2) is 4.79 Å². The number of hydrogen-bond donors (Lipinski definition) is 1. The molecular weight excluding hydrogens is 204 g/mol. The van der Waals surface area contributed by atoms with Gasteiger partial charge in [-0.05, 0) is 18.9 Å². The summed E-state index contributed by atoms with van der Waals surface area (Å²) in [7, 11) is 0. The highest BCUT2D eigenvalue weighted by Crippen LogP contribution is 2.35. The second kappa shape index (κ2) is 3.53. The summed E-state index contributed by atoms with van der Waals surface area (Å²) in [6.07, 6.45) is 3.31. The second-order valence-corrected chi connectivity index (χ2v) is 3.76. The van der Waals surface area contributed by atoms with Gasteiger partial charge in [-0.3, -0.25) is 0 Å². The van der Waals surface area contributed by atoms with Gasteiger partial charge in [-0.2, -0.15) is 5.10 Å². The third kappa shape index (κ3) is 1.57. The summed E-state index contributed by atoms with van der Waals surface area (Å²) in [4.78, 5) is 10.8. The lowest BCUT2D eigenvalue weighted by Crippen LogP contribution is -2.13. The number of carbonyl (C=O) groups is 1.